The molecule has 2 N–H and O–H groups in total. The number of aliphatic imine (C=N–C) groups is 1. The summed E-state index contributed by atoms with van der Waals surface area (Å²) in [7, 11) is 3.47. The molecule has 0 fully saturated rings. The molecule has 0 spiro atoms. The molecule has 1 heterocycles. The van der Waals surface area contributed by atoms with Gasteiger partial charge in [-0.25, -0.2) is 4.98 Å². The van der Waals surface area contributed by atoms with Gasteiger partial charge in [0, 0.05) is 45.8 Å². The fourth-order valence-electron chi connectivity index (χ4n) is 2.20. The van der Waals surface area contributed by atoms with Gasteiger partial charge in [0.15, 0.2) is 5.96 Å². The Balaban J connectivity index is 1.77. The number of aromatic nitrogens is 1. The Bertz CT molecular complexity index is 635. The van der Waals surface area contributed by atoms with Gasteiger partial charge in [0.2, 0.25) is 5.89 Å². The quantitative estimate of drug-likeness (QED) is 0.442. The molecule has 0 aliphatic carbocycles. The van der Waals surface area contributed by atoms with E-state index in [2.05, 4.69) is 39.7 Å². The summed E-state index contributed by atoms with van der Waals surface area (Å²) in [4.78, 5) is 8.72. The van der Waals surface area contributed by atoms with E-state index in [0.717, 1.165) is 49.8 Å². The normalized spacial score (nSPS) is 11.5. The monoisotopic (exact) mass is 330 g/mol. The minimum absolute atomic E-state index is 0.659. The summed E-state index contributed by atoms with van der Waals surface area (Å²) >= 11 is 0. The summed E-state index contributed by atoms with van der Waals surface area (Å²) in [6.07, 6.45) is 3.43. The molecule has 130 valence electrons. The van der Waals surface area contributed by atoms with Gasteiger partial charge in [0.05, 0.1) is 5.69 Å². The zero-order valence-corrected chi connectivity index (χ0v) is 14.6. The molecular formula is C18H26N4O2. The molecule has 6 nitrogen and oxygen atoms in total. The number of methoxy groups -OCH3 is 1. The van der Waals surface area contributed by atoms with Gasteiger partial charge >= 0.3 is 0 Å². The highest BCUT2D eigenvalue weighted by Crippen LogP contribution is 2.19. The number of oxazole rings is 1. The van der Waals surface area contributed by atoms with Crippen molar-refractivity contribution in [3.8, 4) is 11.5 Å². The van der Waals surface area contributed by atoms with E-state index in [-0.39, 0.29) is 0 Å². The average Bonchev–Trinajstić information content (AvgIpc) is 3.06. The predicted octanol–water partition coefficient (Wildman–Crippen LogP) is 2.39. The van der Waals surface area contributed by atoms with Crippen LogP contribution in [0.5, 0.6) is 0 Å². The van der Waals surface area contributed by atoms with Crippen LogP contribution in [0, 0.1) is 6.92 Å². The third kappa shape index (κ3) is 5.70. The molecule has 2 rings (SSSR count). The molecule has 24 heavy (non-hydrogen) atoms. The minimum Gasteiger partial charge on any atom is -0.444 e. The lowest BCUT2D eigenvalue weighted by Gasteiger charge is -2.10. The lowest BCUT2D eigenvalue weighted by Crippen LogP contribution is -2.39. The zero-order valence-electron chi connectivity index (χ0n) is 14.6. The van der Waals surface area contributed by atoms with Crippen molar-refractivity contribution in [3.05, 3.63) is 41.8 Å². The Labute approximate surface area is 143 Å². The van der Waals surface area contributed by atoms with Crippen molar-refractivity contribution in [2.75, 3.05) is 33.9 Å². The number of hydrogen-bond donors (Lipinski definition) is 2. The molecule has 6 heteroatoms. The predicted molar refractivity (Wildman–Crippen MR) is 96.2 cm³/mol. The number of nitrogens with one attached hydrogen (secondary N) is 2. The van der Waals surface area contributed by atoms with Crippen LogP contribution >= 0.6 is 0 Å². The van der Waals surface area contributed by atoms with Gasteiger partial charge in [-0.2, -0.15) is 0 Å². The lowest BCUT2D eigenvalue weighted by molar-refractivity contribution is 0.195. The second-order valence-corrected chi connectivity index (χ2v) is 5.53. The van der Waals surface area contributed by atoms with Crippen molar-refractivity contribution in [2.24, 2.45) is 4.99 Å². The SMILES string of the molecule is CN=C(NCCCOC)NCCc1coc(-c2ccc(C)cc2)n1. The first kappa shape index (κ1) is 18.0. The molecule has 0 bridgehead atoms. The first-order chi connectivity index (χ1) is 11.7. The number of hydrogen-bond acceptors (Lipinski definition) is 4. The van der Waals surface area contributed by atoms with Crippen LogP contribution in [0.1, 0.15) is 17.7 Å². The van der Waals surface area contributed by atoms with E-state index in [1.54, 1.807) is 20.4 Å². The molecule has 0 atom stereocenters. The molecule has 0 saturated heterocycles. The largest absolute Gasteiger partial charge is 0.444 e. The van der Waals surface area contributed by atoms with Crippen molar-refractivity contribution in [2.45, 2.75) is 19.8 Å². The lowest BCUT2D eigenvalue weighted by atomic mass is 10.1. The maximum atomic E-state index is 5.57. The van der Waals surface area contributed by atoms with Crippen LogP contribution in [0.2, 0.25) is 0 Å². The number of benzene rings is 1. The average molecular weight is 330 g/mol. The molecule has 1 aromatic heterocycles. The van der Waals surface area contributed by atoms with Crippen molar-refractivity contribution < 1.29 is 9.15 Å². The van der Waals surface area contributed by atoms with E-state index in [1.165, 1.54) is 5.56 Å². The van der Waals surface area contributed by atoms with E-state index >= 15 is 0 Å². The van der Waals surface area contributed by atoms with E-state index in [0.29, 0.717) is 5.89 Å². The molecule has 2 aromatic rings. The Morgan fingerprint density at radius 2 is 1.96 bits per heavy atom. The van der Waals surface area contributed by atoms with Gasteiger partial charge in [0.1, 0.15) is 6.26 Å². The summed E-state index contributed by atoms with van der Waals surface area (Å²) in [5.74, 6) is 1.44. The van der Waals surface area contributed by atoms with E-state index in [4.69, 9.17) is 9.15 Å². The number of rotatable bonds is 8. The van der Waals surface area contributed by atoms with Crippen molar-refractivity contribution in [1.82, 2.24) is 15.6 Å². The van der Waals surface area contributed by atoms with Crippen LogP contribution in [0.4, 0.5) is 0 Å². The standard InChI is InChI=1S/C18H26N4O2/c1-14-5-7-15(8-6-14)17-22-16(13-24-17)9-11-21-18(19-2)20-10-4-12-23-3/h5-8,13H,4,9-12H2,1-3H3,(H2,19,20,21). The van der Waals surface area contributed by atoms with Crippen LogP contribution in [-0.2, 0) is 11.2 Å². The first-order valence-electron chi connectivity index (χ1n) is 8.18. The third-order valence-electron chi connectivity index (χ3n) is 3.57. The van der Waals surface area contributed by atoms with Crippen LogP contribution in [-0.4, -0.2) is 44.8 Å². The fourth-order valence-corrected chi connectivity index (χ4v) is 2.20. The number of nitrogens with zero attached hydrogens (tertiary/aromatic N) is 2. The molecule has 1 aromatic carbocycles. The Morgan fingerprint density at radius 3 is 2.67 bits per heavy atom. The number of guanidine groups is 1. The number of aryl methyl sites for hydroxylation is 1. The summed E-state index contributed by atoms with van der Waals surface area (Å²) in [6, 6.07) is 8.16. The van der Waals surface area contributed by atoms with Crippen LogP contribution < -0.4 is 10.6 Å². The summed E-state index contributed by atoms with van der Waals surface area (Å²) in [6.45, 7) is 4.37. The second-order valence-electron chi connectivity index (χ2n) is 5.53. The van der Waals surface area contributed by atoms with Gasteiger partial charge < -0.3 is 19.8 Å². The van der Waals surface area contributed by atoms with Gasteiger partial charge in [-0.1, -0.05) is 17.7 Å². The molecular weight excluding hydrogens is 304 g/mol. The van der Waals surface area contributed by atoms with Crippen molar-refractivity contribution >= 4 is 5.96 Å². The van der Waals surface area contributed by atoms with E-state index < -0.39 is 0 Å². The summed E-state index contributed by atoms with van der Waals surface area (Å²) in [5, 5.41) is 6.51. The van der Waals surface area contributed by atoms with Gasteiger partial charge in [0.25, 0.3) is 0 Å². The third-order valence-corrected chi connectivity index (χ3v) is 3.57. The van der Waals surface area contributed by atoms with Crippen LogP contribution in [0.15, 0.2) is 39.9 Å². The van der Waals surface area contributed by atoms with Gasteiger partial charge in [-0.15, -0.1) is 0 Å². The van der Waals surface area contributed by atoms with E-state index in [1.807, 2.05) is 12.1 Å². The highest BCUT2D eigenvalue weighted by atomic mass is 16.5. The first-order valence-corrected chi connectivity index (χ1v) is 8.18. The topological polar surface area (TPSA) is 71.7 Å². The van der Waals surface area contributed by atoms with Crippen LogP contribution in [0.3, 0.4) is 0 Å². The zero-order chi connectivity index (χ0) is 17.2. The molecule has 0 saturated carbocycles. The fraction of sp³-hybridized carbons (Fsp3) is 0.444. The van der Waals surface area contributed by atoms with Gasteiger partial charge in [-0.3, -0.25) is 4.99 Å². The molecule has 0 aliphatic rings. The number of ether oxygens (including phenoxy) is 1. The minimum atomic E-state index is 0.659. The molecule has 0 radical (unpaired) electrons. The maximum absolute atomic E-state index is 5.57. The highest BCUT2D eigenvalue weighted by molar-refractivity contribution is 5.79. The smallest absolute Gasteiger partial charge is 0.226 e. The van der Waals surface area contributed by atoms with Crippen molar-refractivity contribution in [1.29, 1.82) is 0 Å². The molecule has 0 unspecified atom stereocenters. The summed E-state index contributed by atoms with van der Waals surface area (Å²) < 4.78 is 10.6. The molecule has 0 amide bonds. The van der Waals surface area contributed by atoms with Crippen molar-refractivity contribution in [3.63, 3.8) is 0 Å². The van der Waals surface area contributed by atoms with Gasteiger partial charge in [-0.05, 0) is 25.5 Å². The van der Waals surface area contributed by atoms with Crippen LogP contribution in [0.25, 0.3) is 11.5 Å². The highest BCUT2D eigenvalue weighted by Gasteiger charge is 2.06. The maximum Gasteiger partial charge on any atom is 0.226 e. The Kier molecular flexibility index (Phi) is 7.29. The Hall–Kier alpha value is -2.34. The molecule has 0 aliphatic heterocycles. The van der Waals surface area contributed by atoms with E-state index in [9.17, 15) is 0 Å². The summed E-state index contributed by atoms with van der Waals surface area (Å²) in [5.41, 5.74) is 3.14. The second kappa shape index (κ2) is 9.72. The Morgan fingerprint density at radius 1 is 1.21 bits per heavy atom.